The lowest BCUT2D eigenvalue weighted by molar-refractivity contribution is -0.136. The summed E-state index contributed by atoms with van der Waals surface area (Å²) in [6.45, 7) is 3.84. The van der Waals surface area contributed by atoms with E-state index in [0.717, 1.165) is 6.42 Å². The van der Waals surface area contributed by atoms with Gasteiger partial charge >= 0.3 is 5.97 Å². The molecule has 19 heavy (non-hydrogen) atoms. The summed E-state index contributed by atoms with van der Waals surface area (Å²) in [6, 6.07) is 6.86. The Hall–Kier alpha value is -2.04. The monoisotopic (exact) mass is 265 g/mol. The van der Waals surface area contributed by atoms with Crippen molar-refractivity contribution in [1.29, 1.82) is 0 Å². The van der Waals surface area contributed by atoms with E-state index in [-0.39, 0.29) is 25.0 Å². The summed E-state index contributed by atoms with van der Waals surface area (Å²) in [5.41, 5.74) is 0.646. The van der Waals surface area contributed by atoms with E-state index in [1.54, 1.807) is 24.3 Å². The van der Waals surface area contributed by atoms with Gasteiger partial charge in [-0.2, -0.15) is 0 Å². The number of rotatable bonds is 7. The molecule has 0 fully saturated rings. The van der Waals surface area contributed by atoms with Gasteiger partial charge in [0, 0.05) is 6.04 Å². The summed E-state index contributed by atoms with van der Waals surface area (Å²) in [7, 11) is 0. The van der Waals surface area contributed by atoms with Crippen LogP contribution in [0.5, 0.6) is 5.75 Å². The zero-order valence-electron chi connectivity index (χ0n) is 11.2. The second kappa shape index (κ2) is 7.41. The van der Waals surface area contributed by atoms with Crippen molar-refractivity contribution < 1.29 is 19.4 Å². The van der Waals surface area contributed by atoms with Crippen LogP contribution in [-0.4, -0.2) is 29.6 Å². The molecule has 1 atom stereocenters. The molecule has 1 unspecified atom stereocenters. The third kappa shape index (κ3) is 5.90. The number of ether oxygens (including phenoxy) is 1. The highest BCUT2D eigenvalue weighted by Crippen LogP contribution is 2.13. The molecule has 0 aliphatic rings. The van der Waals surface area contributed by atoms with Crippen molar-refractivity contribution in [1.82, 2.24) is 5.32 Å². The molecule has 0 aliphatic heterocycles. The molecule has 2 N–H and O–H groups in total. The van der Waals surface area contributed by atoms with Gasteiger partial charge in [-0.15, -0.1) is 0 Å². The van der Waals surface area contributed by atoms with Crippen molar-refractivity contribution in [3.8, 4) is 5.75 Å². The molecule has 0 heterocycles. The molecule has 104 valence electrons. The SMILES string of the molecule is CCC(C)NC(=O)COc1cccc(CC(=O)O)c1. The van der Waals surface area contributed by atoms with Gasteiger partial charge in [0.25, 0.3) is 5.91 Å². The van der Waals surface area contributed by atoms with E-state index in [9.17, 15) is 9.59 Å². The first kappa shape index (κ1) is 15.0. The van der Waals surface area contributed by atoms with Gasteiger partial charge in [0.2, 0.25) is 0 Å². The molecule has 0 saturated carbocycles. The Bertz CT molecular complexity index is 445. The first-order chi connectivity index (χ1) is 9.01. The van der Waals surface area contributed by atoms with Crippen molar-refractivity contribution in [3.63, 3.8) is 0 Å². The Kier molecular flexibility index (Phi) is 5.85. The quantitative estimate of drug-likeness (QED) is 0.785. The largest absolute Gasteiger partial charge is 0.484 e. The zero-order chi connectivity index (χ0) is 14.3. The lowest BCUT2D eigenvalue weighted by Crippen LogP contribution is -2.35. The van der Waals surface area contributed by atoms with E-state index in [0.29, 0.717) is 11.3 Å². The normalized spacial score (nSPS) is 11.7. The topological polar surface area (TPSA) is 75.6 Å². The first-order valence-corrected chi connectivity index (χ1v) is 6.24. The third-order valence-electron chi connectivity index (χ3n) is 2.64. The standard InChI is InChI=1S/C14H19NO4/c1-3-10(2)15-13(16)9-19-12-6-4-5-11(7-12)8-14(17)18/h4-7,10H,3,8-9H2,1-2H3,(H,15,16)(H,17,18). The molecule has 1 aromatic rings. The molecule has 0 aromatic heterocycles. The van der Waals surface area contributed by atoms with Crippen molar-refractivity contribution in [2.24, 2.45) is 0 Å². The smallest absolute Gasteiger partial charge is 0.307 e. The van der Waals surface area contributed by atoms with Gasteiger partial charge in [0.1, 0.15) is 5.75 Å². The number of nitrogens with one attached hydrogen (secondary N) is 1. The second-order valence-corrected chi connectivity index (χ2v) is 4.38. The third-order valence-corrected chi connectivity index (χ3v) is 2.64. The molecule has 0 spiro atoms. The van der Waals surface area contributed by atoms with Gasteiger partial charge in [-0.1, -0.05) is 19.1 Å². The summed E-state index contributed by atoms with van der Waals surface area (Å²) in [6.07, 6.45) is 0.802. The number of benzene rings is 1. The highest BCUT2D eigenvalue weighted by Gasteiger charge is 2.07. The average Bonchev–Trinajstić information content (AvgIpc) is 2.36. The van der Waals surface area contributed by atoms with E-state index < -0.39 is 5.97 Å². The van der Waals surface area contributed by atoms with Gasteiger partial charge in [-0.3, -0.25) is 9.59 Å². The predicted molar refractivity (Wildman–Crippen MR) is 71.2 cm³/mol. The Morgan fingerprint density at radius 2 is 2.16 bits per heavy atom. The summed E-state index contributed by atoms with van der Waals surface area (Å²) in [5, 5.41) is 11.5. The van der Waals surface area contributed by atoms with Crippen LogP contribution in [0.15, 0.2) is 24.3 Å². The van der Waals surface area contributed by atoms with Crippen molar-refractivity contribution in [2.45, 2.75) is 32.7 Å². The molecule has 0 bridgehead atoms. The van der Waals surface area contributed by atoms with E-state index in [1.165, 1.54) is 0 Å². The summed E-state index contributed by atoms with van der Waals surface area (Å²) >= 11 is 0. The van der Waals surface area contributed by atoms with E-state index >= 15 is 0 Å². The van der Waals surface area contributed by atoms with Crippen LogP contribution in [0.4, 0.5) is 0 Å². The predicted octanol–water partition coefficient (Wildman–Crippen LogP) is 1.61. The van der Waals surface area contributed by atoms with Crippen molar-refractivity contribution in [2.75, 3.05) is 6.61 Å². The number of amides is 1. The highest BCUT2D eigenvalue weighted by molar-refractivity contribution is 5.77. The van der Waals surface area contributed by atoms with E-state index in [2.05, 4.69) is 5.32 Å². The van der Waals surface area contributed by atoms with Crippen LogP contribution in [0, 0.1) is 0 Å². The molecular weight excluding hydrogens is 246 g/mol. The molecule has 1 rings (SSSR count). The number of hydrogen-bond acceptors (Lipinski definition) is 3. The van der Waals surface area contributed by atoms with Gasteiger partial charge in [-0.05, 0) is 31.0 Å². The second-order valence-electron chi connectivity index (χ2n) is 4.38. The van der Waals surface area contributed by atoms with Gasteiger partial charge in [0.05, 0.1) is 6.42 Å². The maximum Gasteiger partial charge on any atom is 0.307 e. The minimum Gasteiger partial charge on any atom is -0.484 e. The summed E-state index contributed by atoms with van der Waals surface area (Å²) < 4.78 is 5.33. The molecule has 1 aromatic carbocycles. The van der Waals surface area contributed by atoms with Crippen LogP contribution < -0.4 is 10.1 Å². The molecule has 0 saturated heterocycles. The minimum absolute atomic E-state index is 0.0593. The first-order valence-electron chi connectivity index (χ1n) is 6.24. The van der Waals surface area contributed by atoms with E-state index in [1.807, 2.05) is 13.8 Å². The van der Waals surface area contributed by atoms with Gasteiger partial charge < -0.3 is 15.2 Å². The maximum atomic E-state index is 11.5. The maximum absolute atomic E-state index is 11.5. The Morgan fingerprint density at radius 3 is 2.79 bits per heavy atom. The van der Waals surface area contributed by atoms with Crippen LogP contribution in [0.2, 0.25) is 0 Å². The average molecular weight is 265 g/mol. The number of aliphatic carboxylic acids is 1. The van der Waals surface area contributed by atoms with Gasteiger partial charge in [0.15, 0.2) is 6.61 Å². The molecule has 0 aliphatic carbocycles. The summed E-state index contributed by atoms with van der Waals surface area (Å²) in [4.78, 5) is 22.1. The Labute approximate surface area is 112 Å². The number of carbonyl (C=O) groups excluding carboxylic acids is 1. The van der Waals surface area contributed by atoms with Crippen molar-refractivity contribution >= 4 is 11.9 Å². The lowest BCUT2D eigenvalue weighted by Gasteiger charge is -2.12. The number of hydrogen-bond donors (Lipinski definition) is 2. The van der Waals surface area contributed by atoms with Crippen molar-refractivity contribution in [3.05, 3.63) is 29.8 Å². The number of carboxylic acids is 1. The van der Waals surface area contributed by atoms with Crippen LogP contribution in [0.3, 0.4) is 0 Å². The fourth-order valence-corrected chi connectivity index (χ4v) is 1.49. The highest BCUT2D eigenvalue weighted by atomic mass is 16.5. The molecular formula is C14H19NO4. The molecule has 0 radical (unpaired) electrons. The summed E-state index contributed by atoms with van der Waals surface area (Å²) in [5.74, 6) is -0.581. The Balaban J connectivity index is 2.49. The molecule has 5 heteroatoms. The van der Waals surface area contributed by atoms with Crippen LogP contribution in [0.25, 0.3) is 0 Å². The number of carbonyl (C=O) groups is 2. The molecule has 1 amide bonds. The van der Waals surface area contributed by atoms with Crippen LogP contribution >= 0.6 is 0 Å². The minimum atomic E-state index is -0.897. The van der Waals surface area contributed by atoms with E-state index in [4.69, 9.17) is 9.84 Å². The van der Waals surface area contributed by atoms with Crippen LogP contribution in [-0.2, 0) is 16.0 Å². The van der Waals surface area contributed by atoms with Crippen LogP contribution in [0.1, 0.15) is 25.8 Å². The fourth-order valence-electron chi connectivity index (χ4n) is 1.49. The Morgan fingerprint density at radius 1 is 1.42 bits per heavy atom. The lowest BCUT2D eigenvalue weighted by atomic mass is 10.1. The number of carboxylic acid groups (broad SMARTS) is 1. The fraction of sp³-hybridized carbons (Fsp3) is 0.429. The molecule has 5 nitrogen and oxygen atoms in total. The zero-order valence-corrected chi connectivity index (χ0v) is 11.2. The van der Waals surface area contributed by atoms with Gasteiger partial charge in [-0.25, -0.2) is 0 Å².